The van der Waals surface area contributed by atoms with Crippen LogP contribution in [0.5, 0.6) is 0 Å². The van der Waals surface area contributed by atoms with E-state index in [1.54, 1.807) is 11.0 Å². The number of fused-ring (bicyclic) bond motifs is 7. The molecular weight excluding hydrogens is 546 g/mol. The van der Waals surface area contributed by atoms with Gasteiger partial charge in [0.2, 0.25) is 11.8 Å². The lowest BCUT2D eigenvalue weighted by atomic mass is 10.0. The number of amides is 2. The highest BCUT2D eigenvalue weighted by Gasteiger charge is 2.40. The van der Waals surface area contributed by atoms with Gasteiger partial charge in [-0.2, -0.15) is 4.98 Å². The molecule has 5 aromatic rings. The molecule has 0 radical (unpaired) electrons. The first-order valence-corrected chi connectivity index (χ1v) is 13.4. The summed E-state index contributed by atoms with van der Waals surface area (Å²) in [6.07, 6.45) is 2.69. The van der Waals surface area contributed by atoms with E-state index >= 15 is 8.78 Å². The van der Waals surface area contributed by atoms with Crippen LogP contribution < -0.4 is 15.9 Å². The normalized spacial score (nSPS) is 16.7. The third-order valence-corrected chi connectivity index (χ3v) is 7.94. The number of halogens is 2. The van der Waals surface area contributed by atoms with Gasteiger partial charge in [-0.1, -0.05) is 26.5 Å². The van der Waals surface area contributed by atoms with Crippen molar-refractivity contribution in [1.82, 2.24) is 19.3 Å². The summed E-state index contributed by atoms with van der Waals surface area (Å²) >= 11 is 0. The van der Waals surface area contributed by atoms with Crippen LogP contribution in [0.25, 0.3) is 38.4 Å². The molecule has 212 valence electrons. The molecular formula is C30H24F2N6O4. The molecule has 42 heavy (non-hydrogen) atoms. The van der Waals surface area contributed by atoms with E-state index in [2.05, 4.69) is 21.9 Å². The standard InChI is InChI=1S/C30H24F2N6O4/c1-4-21(39)36-10-11-37-18(13-36)29(40)34-26-23-17-12-15(24(26)32)22-16(31)6-5-7-19(22)42-20-8-9-33-25(14(2)3)27(20)38(17)30(41)35-28(23)37/h4-9,12,14,18H,1,10-11,13H2,2-3H3,(H,34,40). The van der Waals surface area contributed by atoms with E-state index in [-0.39, 0.29) is 81.3 Å². The van der Waals surface area contributed by atoms with Gasteiger partial charge in [0.05, 0.1) is 34.2 Å². The van der Waals surface area contributed by atoms with E-state index in [1.165, 1.54) is 39.8 Å². The van der Waals surface area contributed by atoms with Gasteiger partial charge in [-0.05, 0) is 30.2 Å². The van der Waals surface area contributed by atoms with Gasteiger partial charge in [0.15, 0.2) is 11.4 Å². The predicted molar refractivity (Wildman–Crippen MR) is 153 cm³/mol. The Morgan fingerprint density at radius 3 is 2.74 bits per heavy atom. The maximum Gasteiger partial charge on any atom is 0.354 e. The molecule has 2 aliphatic heterocycles. The van der Waals surface area contributed by atoms with Crippen LogP contribution in [-0.2, 0) is 9.59 Å². The minimum Gasteiger partial charge on any atom is -0.454 e. The van der Waals surface area contributed by atoms with Crippen molar-refractivity contribution in [3.63, 3.8) is 0 Å². The van der Waals surface area contributed by atoms with Crippen LogP contribution in [0, 0.1) is 11.6 Å². The molecule has 1 atom stereocenters. The summed E-state index contributed by atoms with van der Waals surface area (Å²) in [5.41, 5.74) is 0.246. The van der Waals surface area contributed by atoms with E-state index in [1.807, 2.05) is 13.8 Å². The average molecular weight is 571 g/mol. The number of nitrogens with zero attached hydrogens (tertiary/aromatic N) is 5. The number of benzene rings is 2. The topological polar surface area (TPSA) is 113 Å². The highest BCUT2D eigenvalue weighted by molar-refractivity contribution is 6.15. The molecule has 2 bridgehead atoms. The van der Waals surface area contributed by atoms with Gasteiger partial charge >= 0.3 is 5.69 Å². The van der Waals surface area contributed by atoms with Crippen molar-refractivity contribution < 1.29 is 22.8 Å². The van der Waals surface area contributed by atoms with E-state index in [4.69, 9.17) is 4.42 Å². The quantitative estimate of drug-likeness (QED) is 0.316. The number of anilines is 2. The Labute approximate surface area is 236 Å². The zero-order chi connectivity index (χ0) is 29.4. The molecule has 10 nitrogen and oxygen atoms in total. The summed E-state index contributed by atoms with van der Waals surface area (Å²) in [6.45, 7) is 7.68. The Bertz CT molecular complexity index is 2120. The largest absolute Gasteiger partial charge is 0.454 e. The molecule has 3 aromatic heterocycles. The third-order valence-electron chi connectivity index (χ3n) is 7.94. The molecule has 5 heterocycles. The maximum atomic E-state index is 16.6. The fourth-order valence-electron chi connectivity index (χ4n) is 6.02. The van der Waals surface area contributed by atoms with Gasteiger partial charge in [-0.15, -0.1) is 0 Å². The lowest BCUT2D eigenvalue weighted by Gasteiger charge is -2.39. The molecule has 1 N–H and O–H groups in total. The van der Waals surface area contributed by atoms with E-state index in [0.29, 0.717) is 5.69 Å². The van der Waals surface area contributed by atoms with Crippen LogP contribution in [0.15, 0.2) is 58.4 Å². The van der Waals surface area contributed by atoms with E-state index in [9.17, 15) is 14.4 Å². The highest BCUT2D eigenvalue weighted by Crippen LogP contribution is 2.41. The second-order valence-electron chi connectivity index (χ2n) is 10.7. The Hall–Kier alpha value is -5.13. The van der Waals surface area contributed by atoms with Crippen LogP contribution in [0.3, 0.4) is 0 Å². The summed E-state index contributed by atoms with van der Waals surface area (Å²) in [4.78, 5) is 52.0. The van der Waals surface area contributed by atoms with Crippen molar-refractivity contribution in [2.24, 2.45) is 0 Å². The SMILES string of the molecule is C=CC(=O)N1CCN2c3nc(=O)n4c5cc(c(F)c(c35)NC(=O)C2C1)c1c(F)cccc1oc1ccnc(C(C)C)c14. The molecule has 1 fully saturated rings. The van der Waals surface area contributed by atoms with Crippen molar-refractivity contribution in [2.45, 2.75) is 25.8 Å². The number of rotatable bonds is 2. The molecule has 12 heteroatoms. The van der Waals surface area contributed by atoms with Gasteiger partial charge in [0.25, 0.3) is 0 Å². The highest BCUT2D eigenvalue weighted by atomic mass is 19.1. The van der Waals surface area contributed by atoms with Crippen LogP contribution in [0.4, 0.5) is 20.3 Å². The Balaban J connectivity index is 1.72. The number of pyridine rings is 1. The zero-order valence-corrected chi connectivity index (χ0v) is 22.6. The maximum absolute atomic E-state index is 16.6. The minimum atomic E-state index is -0.968. The number of hydrogen-bond donors (Lipinski definition) is 1. The smallest absolute Gasteiger partial charge is 0.354 e. The first-order valence-electron chi connectivity index (χ1n) is 13.4. The van der Waals surface area contributed by atoms with Gasteiger partial charge in [-0.25, -0.2) is 13.6 Å². The monoisotopic (exact) mass is 570 g/mol. The molecule has 0 aliphatic carbocycles. The van der Waals surface area contributed by atoms with Crippen molar-refractivity contribution in [3.8, 4) is 0 Å². The third kappa shape index (κ3) is 3.57. The van der Waals surface area contributed by atoms with Crippen molar-refractivity contribution in [3.05, 3.63) is 77.0 Å². The van der Waals surface area contributed by atoms with E-state index < -0.39 is 29.3 Å². The Kier molecular flexibility index (Phi) is 5.65. The molecule has 2 aromatic carbocycles. The summed E-state index contributed by atoms with van der Waals surface area (Å²) in [7, 11) is 0. The van der Waals surface area contributed by atoms with Crippen LogP contribution in [-0.4, -0.2) is 56.8 Å². The summed E-state index contributed by atoms with van der Waals surface area (Å²) in [6, 6.07) is 6.11. The lowest BCUT2D eigenvalue weighted by Crippen LogP contribution is -2.58. The van der Waals surface area contributed by atoms with Gasteiger partial charge in [-0.3, -0.25) is 19.0 Å². The number of aromatic nitrogens is 3. The van der Waals surface area contributed by atoms with E-state index in [0.717, 1.165) is 6.08 Å². The van der Waals surface area contributed by atoms with Crippen LogP contribution in [0.2, 0.25) is 0 Å². The molecule has 1 unspecified atom stereocenters. The minimum absolute atomic E-state index is 0.0209. The molecule has 1 saturated heterocycles. The first-order chi connectivity index (χ1) is 20.2. The fraction of sp³-hybridized carbons (Fsp3) is 0.233. The second-order valence-corrected chi connectivity index (χ2v) is 10.7. The number of carbonyl (C=O) groups excluding carboxylic acids is 2. The lowest BCUT2D eigenvalue weighted by molar-refractivity contribution is -0.128. The number of hydrogen-bond acceptors (Lipinski definition) is 7. The predicted octanol–water partition coefficient (Wildman–Crippen LogP) is 4.26. The van der Waals surface area contributed by atoms with Crippen molar-refractivity contribution >= 4 is 61.7 Å². The summed E-state index contributed by atoms with van der Waals surface area (Å²) < 4.78 is 39.6. The second kappa shape index (κ2) is 9.20. The fourth-order valence-corrected chi connectivity index (χ4v) is 6.02. The van der Waals surface area contributed by atoms with Gasteiger partial charge < -0.3 is 19.5 Å². The van der Waals surface area contributed by atoms with Gasteiger partial charge in [0.1, 0.15) is 28.8 Å². The molecule has 2 amide bonds. The van der Waals surface area contributed by atoms with Crippen LogP contribution >= 0.6 is 0 Å². The summed E-state index contributed by atoms with van der Waals surface area (Å²) in [5.74, 6) is -2.70. The molecule has 2 aliphatic rings. The number of piperazine rings is 1. The van der Waals surface area contributed by atoms with Crippen molar-refractivity contribution in [2.75, 3.05) is 29.9 Å². The van der Waals surface area contributed by atoms with Crippen LogP contribution in [0.1, 0.15) is 25.5 Å². The van der Waals surface area contributed by atoms with Crippen molar-refractivity contribution in [1.29, 1.82) is 0 Å². The molecule has 0 saturated carbocycles. The number of carbonyl (C=O) groups is 2. The summed E-state index contributed by atoms with van der Waals surface area (Å²) in [5, 5.41) is 2.48. The average Bonchev–Trinajstić information content (AvgIpc) is 3.05. The first kappa shape index (κ1) is 25.8. The molecule has 7 rings (SSSR count). The zero-order valence-electron chi connectivity index (χ0n) is 22.6. The Morgan fingerprint density at radius 2 is 1.98 bits per heavy atom. The number of nitrogens with one attached hydrogen (secondary N) is 1. The molecule has 0 spiro atoms. The Morgan fingerprint density at radius 1 is 1.17 bits per heavy atom. The van der Waals surface area contributed by atoms with Gasteiger partial charge in [0, 0.05) is 30.7 Å².